The molecule has 0 bridgehead atoms. The Morgan fingerprint density at radius 2 is 1.96 bits per heavy atom. The summed E-state index contributed by atoms with van der Waals surface area (Å²) in [5.41, 5.74) is -0.0304. The van der Waals surface area contributed by atoms with Gasteiger partial charge in [-0.3, -0.25) is 9.59 Å². The summed E-state index contributed by atoms with van der Waals surface area (Å²) in [6, 6.07) is 5.13. The van der Waals surface area contributed by atoms with Gasteiger partial charge in [-0.15, -0.1) is 8.78 Å². The smallest absolute Gasteiger partial charge is 0.395 e. The van der Waals surface area contributed by atoms with Crippen LogP contribution in [0.3, 0.4) is 0 Å². The normalized spacial score (nSPS) is 19.4. The number of carbonyl (C=O) groups is 1. The third-order valence-corrected chi connectivity index (χ3v) is 4.86. The first-order valence-electron chi connectivity index (χ1n) is 8.44. The van der Waals surface area contributed by atoms with Crippen LogP contribution in [-0.2, 0) is 0 Å². The van der Waals surface area contributed by atoms with Gasteiger partial charge in [-0.1, -0.05) is 13.0 Å². The maximum atomic E-state index is 13.3. The summed E-state index contributed by atoms with van der Waals surface area (Å²) in [5.74, 6) is -0.315. The van der Waals surface area contributed by atoms with E-state index in [1.807, 2.05) is 6.92 Å². The van der Waals surface area contributed by atoms with Crippen LogP contribution in [0.1, 0.15) is 47.7 Å². The molecule has 4 rings (SSSR count). The number of fused-ring (bicyclic) bond motifs is 1. The molecule has 142 valence electrons. The first-order chi connectivity index (χ1) is 12.7. The van der Waals surface area contributed by atoms with Crippen molar-refractivity contribution in [2.45, 2.75) is 39.0 Å². The fourth-order valence-corrected chi connectivity index (χ4v) is 3.19. The molecule has 2 aliphatic rings. The first kappa shape index (κ1) is 17.4. The molecule has 0 spiro atoms. The molecule has 1 fully saturated rings. The second-order valence-electron chi connectivity index (χ2n) is 7.15. The van der Waals surface area contributed by atoms with Crippen LogP contribution < -0.4 is 20.3 Å². The largest absolute Gasteiger partial charge is 0.586 e. The Balaban J connectivity index is 1.64. The molecule has 27 heavy (non-hydrogen) atoms. The van der Waals surface area contributed by atoms with E-state index >= 15 is 0 Å². The number of hydrogen-bond acceptors (Lipinski definition) is 5. The highest BCUT2D eigenvalue weighted by molar-refractivity contribution is 5.92. The van der Waals surface area contributed by atoms with Gasteiger partial charge >= 0.3 is 6.29 Å². The number of ether oxygens (including phenoxy) is 2. The number of H-pyrrole nitrogens is 1. The van der Waals surface area contributed by atoms with E-state index in [0.717, 1.165) is 18.9 Å². The van der Waals surface area contributed by atoms with Crippen molar-refractivity contribution in [3.63, 3.8) is 0 Å². The molecule has 0 radical (unpaired) electrons. The molecule has 1 aliphatic carbocycles. The molecule has 1 aromatic heterocycles. The van der Waals surface area contributed by atoms with Gasteiger partial charge < -0.3 is 19.8 Å². The number of nitrogens with zero attached hydrogens (tertiary/aromatic N) is 1. The Morgan fingerprint density at radius 3 is 2.63 bits per heavy atom. The van der Waals surface area contributed by atoms with Crippen LogP contribution in [-0.4, -0.2) is 22.2 Å². The molecule has 2 heterocycles. The van der Waals surface area contributed by atoms with E-state index in [-0.39, 0.29) is 22.6 Å². The van der Waals surface area contributed by atoms with Crippen LogP contribution in [0.4, 0.5) is 8.78 Å². The fraction of sp³-hybridized carbons (Fsp3) is 0.389. The number of aromatic amines is 1. The Labute approximate surface area is 152 Å². The number of benzene rings is 1. The van der Waals surface area contributed by atoms with Crippen molar-refractivity contribution in [3.05, 3.63) is 51.7 Å². The van der Waals surface area contributed by atoms with Gasteiger partial charge in [0.1, 0.15) is 11.5 Å². The molecule has 0 unspecified atom stereocenters. The maximum Gasteiger partial charge on any atom is 0.586 e. The van der Waals surface area contributed by atoms with E-state index in [4.69, 9.17) is 0 Å². The number of rotatable bonds is 4. The Hall–Kier alpha value is -2.97. The second-order valence-corrected chi connectivity index (χ2v) is 7.15. The quantitative estimate of drug-likeness (QED) is 0.855. The standard InChI is InChI=1S/C18H17F2N3O4/c1-9-21-11(8-14(24)22-9)16(25)23-15(17(2)5-6-17)10-3-4-12-13(7-10)27-18(19,20)26-12/h3-4,7-8,15H,5-6H2,1-2H3,(H,23,25)(H,21,22,24)/t15-/m0/s1. The van der Waals surface area contributed by atoms with Crippen molar-refractivity contribution in [2.24, 2.45) is 5.41 Å². The predicted octanol–water partition coefficient (Wildman–Crippen LogP) is 2.67. The van der Waals surface area contributed by atoms with Crippen molar-refractivity contribution in [2.75, 3.05) is 0 Å². The number of aromatic nitrogens is 2. The lowest BCUT2D eigenvalue weighted by molar-refractivity contribution is -0.286. The lowest BCUT2D eigenvalue weighted by atomic mass is 9.91. The Morgan fingerprint density at radius 1 is 1.26 bits per heavy atom. The molecule has 1 aliphatic heterocycles. The van der Waals surface area contributed by atoms with Crippen LogP contribution >= 0.6 is 0 Å². The average molecular weight is 377 g/mol. The summed E-state index contributed by atoms with van der Waals surface area (Å²) < 4.78 is 35.5. The van der Waals surface area contributed by atoms with Crippen molar-refractivity contribution < 1.29 is 23.0 Å². The minimum Gasteiger partial charge on any atom is -0.395 e. The van der Waals surface area contributed by atoms with E-state index in [0.29, 0.717) is 11.4 Å². The topological polar surface area (TPSA) is 93.3 Å². The fourth-order valence-electron chi connectivity index (χ4n) is 3.19. The SMILES string of the molecule is Cc1nc(C(=O)N[C@@H](c2ccc3c(c2)OC(F)(F)O3)C2(C)CC2)cc(=O)[nH]1. The van der Waals surface area contributed by atoms with Crippen LogP contribution in [0.15, 0.2) is 29.1 Å². The van der Waals surface area contributed by atoms with Crippen molar-refractivity contribution in [1.82, 2.24) is 15.3 Å². The summed E-state index contributed by atoms with van der Waals surface area (Å²) in [6.07, 6.45) is -1.97. The lowest BCUT2D eigenvalue weighted by Crippen LogP contribution is -2.34. The lowest BCUT2D eigenvalue weighted by Gasteiger charge is -2.25. The van der Waals surface area contributed by atoms with Gasteiger partial charge in [0, 0.05) is 6.07 Å². The van der Waals surface area contributed by atoms with Crippen molar-refractivity contribution in [1.29, 1.82) is 0 Å². The molecular formula is C18H17F2N3O4. The maximum absolute atomic E-state index is 13.3. The number of aryl methyl sites for hydroxylation is 1. The van der Waals surface area contributed by atoms with Gasteiger partial charge in [0.05, 0.1) is 6.04 Å². The number of amides is 1. The molecule has 1 amide bonds. The van der Waals surface area contributed by atoms with Crippen LogP contribution in [0.2, 0.25) is 0 Å². The number of hydrogen-bond donors (Lipinski definition) is 2. The van der Waals surface area contributed by atoms with Gasteiger partial charge in [-0.25, -0.2) is 4.98 Å². The van der Waals surface area contributed by atoms with E-state index in [1.54, 1.807) is 13.0 Å². The summed E-state index contributed by atoms with van der Waals surface area (Å²) in [4.78, 5) is 30.8. The zero-order valence-corrected chi connectivity index (χ0v) is 14.6. The van der Waals surface area contributed by atoms with Gasteiger partial charge in [0.25, 0.3) is 11.5 Å². The first-order valence-corrected chi connectivity index (χ1v) is 8.44. The molecule has 9 heteroatoms. The van der Waals surface area contributed by atoms with Crippen molar-refractivity contribution >= 4 is 5.91 Å². The van der Waals surface area contributed by atoms with Crippen molar-refractivity contribution in [3.8, 4) is 11.5 Å². The molecule has 1 saturated carbocycles. The summed E-state index contributed by atoms with van der Waals surface area (Å²) in [5, 5.41) is 2.88. The van der Waals surface area contributed by atoms with E-state index in [1.165, 1.54) is 12.1 Å². The van der Waals surface area contributed by atoms with Crippen LogP contribution in [0, 0.1) is 12.3 Å². The molecular weight excluding hydrogens is 360 g/mol. The monoisotopic (exact) mass is 377 g/mol. The number of alkyl halides is 2. The highest BCUT2D eigenvalue weighted by Crippen LogP contribution is 2.55. The molecule has 2 aromatic rings. The van der Waals surface area contributed by atoms with E-state index in [2.05, 4.69) is 24.8 Å². The van der Waals surface area contributed by atoms with E-state index in [9.17, 15) is 18.4 Å². The van der Waals surface area contributed by atoms with Gasteiger partial charge in [-0.2, -0.15) is 0 Å². The highest BCUT2D eigenvalue weighted by Gasteiger charge is 2.48. The molecule has 1 aromatic carbocycles. The molecule has 1 atom stereocenters. The molecule has 0 saturated heterocycles. The number of nitrogens with one attached hydrogen (secondary N) is 2. The zero-order chi connectivity index (χ0) is 19.4. The summed E-state index contributed by atoms with van der Waals surface area (Å²) in [6.45, 7) is 3.57. The Bertz CT molecular complexity index is 985. The van der Waals surface area contributed by atoms with Gasteiger partial charge in [0.2, 0.25) is 0 Å². The van der Waals surface area contributed by atoms with Gasteiger partial charge in [0.15, 0.2) is 11.5 Å². The third-order valence-electron chi connectivity index (χ3n) is 4.86. The average Bonchev–Trinajstić information content (AvgIpc) is 3.22. The highest BCUT2D eigenvalue weighted by atomic mass is 19.3. The summed E-state index contributed by atoms with van der Waals surface area (Å²) in [7, 11) is 0. The second kappa shape index (κ2) is 5.77. The third kappa shape index (κ3) is 3.36. The minimum absolute atomic E-state index is 0.00206. The summed E-state index contributed by atoms with van der Waals surface area (Å²) >= 11 is 0. The molecule has 2 N–H and O–H groups in total. The van der Waals surface area contributed by atoms with Crippen LogP contribution in [0.25, 0.3) is 0 Å². The zero-order valence-electron chi connectivity index (χ0n) is 14.6. The molecule has 7 nitrogen and oxygen atoms in total. The van der Waals surface area contributed by atoms with E-state index < -0.39 is 23.8 Å². The number of halogens is 2. The predicted molar refractivity (Wildman–Crippen MR) is 89.8 cm³/mol. The van der Waals surface area contributed by atoms with Gasteiger partial charge in [-0.05, 0) is 42.9 Å². The minimum atomic E-state index is -3.70. The Kier molecular flexibility index (Phi) is 3.72. The number of carbonyl (C=O) groups excluding carboxylic acids is 1. The van der Waals surface area contributed by atoms with Crippen LogP contribution in [0.5, 0.6) is 11.5 Å².